The maximum atomic E-state index is 11.8. The molecule has 2 amide bonds. The largest absolute Gasteiger partial charge is 0.316 e. The first-order valence-electron chi connectivity index (χ1n) is 5.96. The summed E-state index contributed by atoms with van der Waals surface area (Å²) in [5.41, 5.74) is 1.90. The van der Waals surface area contributed by atoms with Gasteiger partial charge in [-0.1, -0.05) is 24.3 Å². The molecule has 2 aliphatic rings. The molecule has 0 atom stereocenters. The zero-order valence-electron chi connectivity index (χ0n) is 10.1. The quantitative estimate of drug-likeness (QED) is 0.541. The van der Waals surface area contributed by atoms with Gasteiger partial charge < -0.3 is 0 Å². The van der Waals surface area contributed by atoms with Crippen molar-refractivity contribution in [1.29, 1.82) is 0 Å². The highest BCUT2D eigenvalue weighted by atomic mass is 16.2. The van der Waals surface area contributed by atoms with E-state index in [-0.39, 0.29) is 18.7 Å². The summed E-state index contributed by atoms with van der Waals surface area (Å²) in [5, 5.41) is 6.17. The molecule has 2 aliphatic heterocycles. The van der Waals surface area contributed by atoms with Gasteiger partial charge in [0.15, 0.2) is 0 Å². The van der Waals surface area contributed by atoms with Crippen LogP contribution in [-0.4, -0.2) is 33.9 Å². The number of piperidine rings is 1. The van der Waals surface area contributed by atoms with Crippen molar-refractivity contribution in [3.05, 3.63) is 35.4 Å². The molecule has 3 rings (SSSR count). The number of rotatable bonds is 1. The summed E-state index contributed by atoms with van der Waals surface area (Å²) in [6, 6.07) is 7.57. The molecule has 0 unspecified atom stereocenters. The minimum atomic E-state index is -0.798. The number of hydrogen-bond donors (Lipinski definition) is 0. The Morgan fingerprint density at radius 2 is 1.84 bits per heavy atom. The van der Waals surface area contributed by atoms with E-state index in [4.69, 9.17) is 0 Å². The zero-order valence-corrected chi connectivity index (χ0v) is 10.1. The summed E-state index contributed by atoms with van der Waals surface area (Å²) < 4.78 is 0. The van der Waals surface area contributed by atoms with Gasteiger partial charge in [-0.05, 0) is 11.1 Å². The van der Waals surface area contributed by atoms with Crippen molar-refractivity contribution in [1.82, 2.24) is 10.1 Å². The van der Waals surface area contributed by atoms with Gasteiger partial charge in [-0.15, -0.1) is 0 Å². The fourth-order valence-corrected chi connectivity index (χ4v) is 2.15. The molecule has 19 heavy (non-hydrogen) atoms. The van der Waals surface area contributed by atoms with Gasteiger partial charge in [0.05, 0.1) is 12.8 Å². The number of fused-ring (bicyclic) bond motifs is 1. The van der Waals surface area contributed by atoms with Gasteiger partial charge >= 0.3 is 5.91 Å². The maximum Gasteiger partial charge on any atom is 0.316 e. The molecule has 0 aliphatic carbocycles. The van der Waals surface area contributed by atoms with E-state index in [1.165, 1.54) is 5.12 Å². The summed E-state index contributed by atoms with van der Waals surface area (Å²) in [6.45, 7) is 0.303. The number of carbonyl (C=O) groups is 3. The second-order valence-electron chi connectivity index (χ2n) is 4.41. The summed E-state index contributed by atoms with van der Waals surface area (Å²) in [6.07, 6.45) is 1.62. The lowest BCUT2D eigenvalue weighted by atomic mass is 10.1. The van der Waals surface area contributed by atoms with E-state index in [0.717, 1.165) is 16.1 Å². The van der Waals surface area contributed by atoms with Gasteiger partial charge in [0.1, 0.15) is 0 Å². The van der Waals surface area contributed by atoms with E-state index in [9.17, 15) is 14.4 Å². The fraction of sp³-hybridized carbons (Fsp3) is 0.231. The van der Waals surface area contributed by atoms with E-state index in [1.54, 1.807) is 6.21 Å². The SMILES string of the molecule is O=C1CCC(=O)N(N2Cc3ccccc3C=N2)C1=O. The van der Waals surface area contributed by atoms with Crippen LogP contribution >= 0.6 is 0 Å². The van der Waals surface area contributed by atoms with Gasteiger partial charge in [0.25, 0.3) is 0 Å². The number of nitrogens with zero attached hydrogens (tertiary/aromatic N) is 3. The third-order valence-electron chi connectivity index (χ3n) is 3.16. The zero-order chi connectivity index (χ0) is 13.4. The molecule has 96 valence electrons. The predicted molar refractivity (Wildman–Crippen MR) is 65.7 cm³/mol. The van der Waals surface area contributed by atoms with Gasteiger partial charge in [-0.25, -0.2) is 0 Å². The van der Waals surface area contributed by atoms with Gasteiger partial charge in [0.2, 0.25) is 11.7 Å². The highest BCUT2D eigenvalue weighted by molar-refractivity contribution is 6.40. The minimum absolute atomic E-state index is 0.0116. The number of imide groups is 1. The van der Waals surface area contributed by atoms with Crippen molar-refractivity contribution < 1.29 is 14.4 Å². The van der Waals surface area contributed by atoms with Crippen LogP contribution in [0.2, 0.25) is 0 Å². The van der Waals surface area contributed by atoms with Crippen molar-refractivity contribution >= 4 is 23.8 Å². The number of Topliss-reactive ketones (excluding diaryl/α,β-unsaturated/α-hetero) is 1. The number of hydrazone groups is 1. The van der Waals surface area contributed by atoms with Crippen LogP contribution in [0.15, 0.2) is 29.4 Å². The van der Waals surface area contributed by atoms with Crippen LogP contribution in [0.4, 0.5) is 0 Å². The van der Waals surface area contributed by atoms with E-state index >= 15 is 0 Å². The Labute approximate surface area is 109 Å². The van der Waals surface area contributed by atoms with Crippen LogP contribution in [0.3, 0.4) is 0 Å². The molecule has 0 saturated carbocycles. The maximum absolute atomic E-state index is 11.8. The molecule has 6 heteroatoms. The lowest BCUT2D eigenvalue weighted by molar-refractivity contribution is -0.173. The number of hydrazine groups is 1. The number of amides is 2. The molecule has 1 fully saturated rings. The molecule has 0 radical (unpaired) electrons. The van der Waals surface area contributed by atoms with Crippen LogP contribution in [0, 0.1) is 0 Å². The first kappa shape index (κ1) is 11.6. The number of hydrogen-bond acceptors (Lipinski definition) is 5. The Hall–Kier alpha value is -2.50. The monoisotopic (exact) mass is 257 g/mol. The summed E-state index contributed by atoms with van der Waals surface area (Å²) in [7, 11) is 0. The Morgan fingerprint density at radius 1 is 1.05 bits per heavy atom. The molecule has 0 bridgehead atoms. The van der Waals surface area contributed by atoms with Crippen LogP contribution in [-0.2, 0) is 20.9 Å². The topological polar surface area (TPSA) is 70.1 Å². The van der Waals surface area contributed by atoms with E-state index in [2.05, 4.69) is 5.10 Å². The van der Waals surface area contributed by atoms with E-state index in [0.29, 0.717) is 6.54 Å². The smallest absolute Gasteiger partial charge is 0.289 e. The molecule has 0 spiro atoms. The standard InChI is InChI=1S/C13H11N3O3/c17-11-5-6-12(18)16(13(11)19)15-8-10-4-2-1-3-9(10)7-14-15/h1-4,7H,5-6,8H2. The Bertz CT molecular complexity index is 609. The van der Waals surface area contributed by atoms with Gasteiger partial charge in [-0.3, -0.25) is 14.4 Å². The van der Waals surface area contributed by atoms with Crippen LogP contribution < -0.4 is 0 Å². The Kier molecular flexibility index (Phi) is 2.63. The second-order valence-corrected chi connectivity index (χ2v) is 4.41. The average Bonchev–Trinajstić information content (AvgIpc) is 2.43. The first-order valence-corrected chi connectivity index (χ1v) is 5.96. The van der Waals surface area contributed by atoms with Crippen LogP contribution in [0.1, 0.15) is 24.0 Å². The van der Waals surface area contributed by atoms with Crippen molar-refractivity contribution in [2.24, 2.45) is 5.10 Å². The van der Waals surface area contributed by atoms with Crippen LogP contribution in [0.5, 0.6) is 0 Å². The molecular formula is C13H11N3O3. The van der Waals surface area contributed by atoms with Crippen LogP contribution in [0.25, 0.3) is 0 Å². The third kappa shape index (κ3) is 1.91. The van der Waals surface area contributed by atoms with E-state index < -0.39 is 11.7 Å². The number of carbonyl (C=O) groups excluding carboxylic acids is 3. The van der Waals surface area contributed by atoms with Gasteiger partial charge in [-0.2, -0.15) is 15.2 Å². The average molecular weight is 257 g/mol. The summed E-state index contributed by atoms with van der Waals surface area (Å²) >= 11 is 0. The summed E-state index contributed by atoms with van der Waals surface area (Å²) in [5.74, 6) is -1.73. The second kappa shape index (κ2) is 4.31. The number of benzene rings is 1. The fourth-order valence-electron chi connectivity index (χ4n) is 2.15. The lowest BCUT2D eigenvalue weighted by Crippen LogP contribution is -2.53. The van der Waals surface area contributed by atoms with Crippen molar-refractivity contribution in [3.63, 3.8) is 0 Å². The lowest BCUT2D eigenvalue weighted by Gasteiger charge is -2.34. The molecule has 1 aromatic carbocycles. The van der Waals surface area contributed by atoms with Gasteiger partial charge in [0, 0.05) is 12.8 Å². The van der Waals surface area contributed by atoms with E-state index in [1.807, 2.05) is 24.3 Å². The highest BCUT2D eigenvalue weighted by Crippen LogP contribution is 2.20. The Morgan fingerprint density at radius 3 is 2.68 bits per heavy atom. The molecular weight excluding hydrogens is 246 g/mol. The molecule has 1 aromatic rings. The highest BCUT2D eigenvalue weighted by Gasteiger charge is 2.37. The molecule has 0 aromatic heterocycles. The predicted octanol–water partition coefficient (Wildman–Crippen LogP) is 0.469. The third-order valence-corrected chi connectivity index (χ3v) is 3.16. The Balaban J connectivity index is 1.90. The van der Waals surface area contributed by atoms with Crippen molar-refractivity contribution in [2.75, 3.05) is 0 Å². The molecule has 2 heterocycles. The minimum Gasteiger partial charge on any atom is -0.289 e. The molecule has 0 N–H and O–H groups in total. The van der Waals surface area contributed by atoms with Crippen molar-refractivity contribution in [2.45, 2.75) is 19.4 Å². The number of ketones is 1. The first-order chi connectivity index (χ1) is 9.16. The van der Waals surface area contributed by atoms with Crippen molar-refractivity contribution in [3.8, 4) is 0 Å². The summed E-state index contributed by atoms with van der Waals surface area (Å²) in [4.78, 5) is 35.0. The molecule has 1 saturated heterocycles. The normalized spacial score (nSPS) is 18.8. The molecule has 6 nitrogen and oxygen atoms in total.